The maximum atomic E-state index is 12.6. The van der Waals surface area contributed by atoms with E-state index in [0.717, 1.165) is 11.1 Å². The monoisotopic (exact) mass is 345 g/mol. The molecule has 24 heavy (non-hydrogen) atoms. The van der Waals surface area contributed by atoms with Gasteiger partial charge in [-0.1, -0.05) is 19.6 Å². The largest absolute Gasteiger partial charge is 0.489 e. The van der Waals surface area contributed by atoms with Gasteiger partial charge in [0.25, 0.3) is 0 Å². The summed E-state index contributed by atoms with van der Waals surface area (Å²) in [7, 11) is -3.74. The molecule has 6 bridgehead atoms. The van der Waals surface area contributed by atoms with Gasteiger partial charge in [-0.05, 0) is 54.3 Å². The second-order valence-electron chi connectivity index (χ2n) is 5.83. The zero-order chi connectivity index (χ0) is 16.0. The number of carbonyl (C=O) groups is 1. The highest BCUT2D eigenvalue weighted by molar-refractivity contribution is 7.89. The quantitative estimate of drug-likeness (QED) is 0.797. The highest BCUT2D eigenvalue weighted by Crippen LogP contribution is 2.28. The van der Waals surface area contributed by atoms with Gasteiger partial charge in [0.1, 0.15) is 12.4 Å². The first kappa shape index (κ1) is 16.7. The first-order valence-electron chi connectivity index (χ1n) is 7.44. The maximum absolute atomic E-state index is 12.6. The summed E-state index contributed by atoms with van der Waals surface area (Å²) in [6, 6.07) is 11.2. The van der Waals surface area contributed by atoms with E-state index >= 15 is 0 Å². The zero-order valence-corrected chi connectivity index (χ0v) is 13.1. The third-order valence-corrected chi connectivity index (χ3v) is 5.74. The summed E-state index contributed by atoms with van der Waals surface area (Å²) in [6.45, 7) is 0.277. The zero-order valence-electron chi connectivity index (χ0n) is 12.3. The Labute approximate surface area is 141 Å². The normalized spacial score (nSPS) is 21.0. The Kier molecular flexibility index (Phi) is 4.19. The van der Waals surface area contributed by atoms with Crippen molar-refractivity contribution in [2.75, 3.05) is 0 Å². The average Bonchev–Trinajstić information content (AvgIpc) is 2.56. The molecule has 5 nitrogen and oxygen atoms in total. The van der Waals surface area contributed by atoms with Gasteiger partial charge in [0, 0.05) is 5.56 Å². The smallest absolute Gasteiger partial charge is 0.241 e. The van der Waals surface area contributed by atoms with E-state index in [1.54, 1.807) is 24.3 Å². The van der Waals surface area contributed by atoms with E-state index in [2.05, 4.69) is 4.72 Å². The van der Waals surface area contributed by atoms with Crippen LogP contribution < -0.4 is 9.46 Å². The van der Waals surface area contributed by atoms with Crippen LogP contribution in [0.3, 0.4) is 0 Å². The third kappa shape index (κ3) is 2.83. The molecule has 6 rings (SSSR count). The molecule has 1 atom stereocenters. The Bertz CT molecular complexity index is 905. The molecule has 0 saturated heterocycles. The van der Waals surface area contributed by atoms with Crippen molar-refractivity contribution in [2.24, 2.45) is 0 Å². The highest BCUT2D eigenvalue weighted by atomic mass is 32.2. The van der Waals surface area contributed by atoms with E-state index in [9.17, 15) is 13.2 Å². The van der Waals surface area contributed by atoms with Crippen molar-refractivity contribution in [2.45, 2.75) is 37.8 Å². The number of rotatable bonds is 0. The van der Waals surface area contributed by atoms with Gasteiger partial charge in [-0.2, -0.15) is 0 Å². The van der Waals surface area contributed by atoms with Crippen LogP contribution in [0.2, 0.25) is 0 Å². The molecule has 1 aliphatic carbocycles. The first-order valence-corrected chi connectivity index (χ1v) is 8.92. The fourth-order valence-electron chi connectivity index (χ4n) is 3.06. The number of aryl methyl sites for hydroxylation is 1. The maximum Gasteiger partial charge on any atom is 0.241 e. The van der Waals surface area contributed by atoms with Crippen LogP contribution in [-0.4, -0.2) is 20.2 Å². The molecule has 1 N–H and O–H groups in total. The molecule has 0 amide bonds. The lowest BCUT2D eigenvalue weighted by Gasteiger charge is -2.24. The summed E-state index contributed by atoms with van der Waals surface area (Å²) in [5.41, 5.74) is 2.25. The van der Waals surface area contributed by atoms with Crippen molar-refractivity contribution in [3.8, 4) is 5.75 Å². The highest BCUT2D eigenvalue weighted by Gasteiger charge is 2.31. The van der Waals surface area contributed by atoms with Crippen molar-refractivity contribution >= 4 is 15.8 Å². The molecule has 0 fully saturated rings. The van der Waals surface area contributed by atoms with Crippen molar-refractivity contribution in [1.82, 2.24) is 4.72 Å². The Morgan fingerprint density at radius 1 is 1.12 bits per heavy atom. The minimum atomic E-state index is -3.74. The van der Waals surface area contributed by atoms with Gasteiger partial charge < -0.3 is 4.74 Å². The van der Waals surface area contributed by atoms with Crippen LogP contribution >= 0.6 is 0 Å². The molecular weight excluding hydrogens is 326 g/mol. The molecule has 0 saturated carbocycles. The molecule has 4 aliphatic rings. The van der Waals surface area contributed by atoms with Crippen LogP contribution in [0.25, 0.3) is 0 Å². The molecule has 126 valence electrons. The van der Waals surface area contributed by atoms with Crippen molar-refractivity contribution in [1.29, 1.82) is 0 Å². The van der Waals surface area contributed by atoms with E-state index in [1.807, 2.05) is 12.1 Å². The Morgan fingerprint density at radius 3 is 2.79 bits per heavy atom. The molecule has 1 unspecified atom stereocenters. The van der Waals surface area contributed by atoms with E-state index < -0.39 is 16.1 Å². The number of ketones is 1. The lowest BCUT2D eigenvalue weighted by molar-refractivity contribution is 0.0940. The van der Waals surface area contributed by atoms with Gasteiger partial charge in [-0.15, -0.1) is 0 Å². The molecular formula is C18H19NO4S. The first-order chi connectivity index (χ1) is 11.0. The van der Waals surface area contributed by atoms with Gasteiger partial charge >= 0.3 is 0 Å². The Balaban J connectivity index is 0.00000169. The third-order valence-electron chi connectivity index (χ3n) is 4.27. The van der Waals surface area contributed by atoms with Crippen molar-refractivity contribution in [3.05, 3.63) is 59.2 Å². The summed E-state index contributed by atoms with van der Waals surface area (Å²) in [5, 5.41) is 0. The standard InChI is InChI=1S/C17H15NO4S.CH4/c19-17-15-6-5-13-9-12(15)4-7-16(17)18-23(20,21)14-3-1-2-11(8-14)10-22-13;/h1-3,5-6,8-9,16,18H,4,7,10H2;1H4. The lowest BCUT2D eigenvalue weighted by atomic mass is 9.87. The predicted molar refractivity (Wildman–Crippen MR) is 90.7 cm³/mol. The van der Waals surface area contributed by atoms with Crippen LogP contribution in [0.4, 0.5) is 0 Å². The van der Waals surface area contributed by atoms with Crippen LogP contribution in [0.1, 0.15) is 35.3 Å². The van der Waals surface area contributed by atoms with Gasteiger partial charge in [-0.3, -0.25) is 4.79 Å². The topological polar surface area (TPSA) is 72.5 Å². The molecule has 0 spiro atoms. The van der Waals surface area contributed by atoms with Crippen molar-refractivity contribution in [3.63, 3.8) is 0 Å². The average molecular weight is 345 g/mol. The molecule has 3 heterocycles. The van der Waals surface area contributed by atoms with Crippen LogP contribution in [0.15, 0.2) is 47.4 Å². The minimum absolute atomic E-state index is 0. The number of fused-ring (bicyclic) bond motifs is 2. The molecule has 6 heteroatoms. The molecule has 2 aromatic rings. The fraction of sp³-hybridized carbons (Fsp3) is 0.278. The summed E-state index contributed by atoms with van der Waals surface area (Å²) in [5.74, 6) is 0.507. The van der Waals surface area contributed by atoms with Crippen LogP contribution in [0.5, 0.6) is 5.75 Å². The Hall–Kier alpha value is -2.18. The SMILES string of the molecule is C.O=C1c2ccc3cc2CCC1NS(=O)(=O)c1cccc(c1)CO3. The van der Waals surface area contributed by atoms with Crippen LogP contribution in [-0.2, 0) is 23.1 Å². The van der Waals surface area contributed by atoms with Crippen molar-refractivity contribution < 1.29 is 17.9 Å². The second kappa shape index (κ2) is 6.03. The fourth-order valence-corrected chi connectivity index (χ4v) is 4.36. The number of nitrogens with one attached hydrogen (secondary N) is 1. The molecule has 3 aliphatic heterocycles. The van der Waals surface area contributed by atoms with Gasteiger partial charge in [0.15, 0.2) is 5.78 Å². The van der Waals surface area contributed by atoms with Gasteiger partial charge in [0.2, 0.25) is 10.0 Å². The summed E-state index contributed by atoms with van der Waals surface area (Å²) >= 11 is 0. The summed E-state index contributed by atoms with van der Waals surface area (Å²) < 4.78 is 33.4. The number of hydrogen-bond donors (Lipinski definition) is 1. The number of hydrogen-bond acceptors (Lipinski definition) is 4. The summed E-state index contributed by atoms with van der Waals surface area (Å²) in [4.78, 5) is 12.7. The number of benzene rings is 2. The summed E-state index contributed by atoms with van der Waals surface area (Å²) in [6.07, 6.45) is 1.09. The number of sulfonamides is 1. The lowest BCUT2D eigenvalue weighted by Crippen LogP contribution is -2.43. The number of ether oxygens (including phenoxy) is 1. The number of Topliss-reactive ketones (excluding diaryl/α,β-unsaturated/α-hetero) is 1. The second-order valence-corrected chi connectivity index (χ2v) is 7.55. The molecule has 0 radical (unpaired) electrons. The van der Waals surface area contributed by atoms with Gasteiger partial charge in [-0.25, -0.2) is 13.1 Å². The van der Waals surface area contributed by atoms with E-state index in [4.69, 9.17) is 4.74 Å². The minimum Gasteiger partial charge on any atom is -0.489 e. The van der Waals surface area contributed by atoms with E-state index in [0.29, 0.717) is 24.2 Å². The molecule has 2 aromatic carbocycles. The number of carbonyl (C=O) groups excluding carboxylic acids is 1. The van der Waals surface area contributed by atoms with Gasteiger partial charge in [0.05, 0.1) is 10.9 Å². The Morgan fingerprint density at radius 2 is 1.96 bits per heavy atom. The van der Waals surface area contributed by atoms with Crippen LogP contribution in [0, 0.1) is 0 Å². The van der Waals surface area contributed by atoms with E-state index in [-0.39, 0.29) is 24.7 Å². The van der Waals surface area contributed by atoms with E-state index in [1.165, 1.54) is 6.07 Å². The predicted octanol–water partition coefficient (Wildman–Crippen LogP) is 2.69. The molecule has 0 aromatic heterocycles.